The minimum Gasteiger partial charge on any atom is -0.462 e. The van der Waals surface area contributed by atoms with E-state index in [0.29, 0.717) is 0 Å². The highest BCUT2D eigenvalue weighted by Crippen LogP contribution is 2.33. The van der Waals surface area contributed by atoms with Crippen molar-refractivity contribution in [3.8, 4) is 0 Å². The molecule has 0 heterocycles. The third-order valence-electron chi connectivity index (χ3n) is 2.38. The van der Waals surface area contributed by atoms with Crippen molar-refractivity contribution < 1.29 is 19.2 Å². The normalized spacial score (nSPS) is 11.7. The molecule has 1 atom stereocenters. The van der Waals surface area contributed by atoms with Crippen molar-refractivity contribution in [1.82, 2.24) is 0 Å². The summed E-state index contributed by atoms with van der Waals surface area (Å²) in [5.41, 5.74) is -0.711. The maximum atomic E-state index is 11.7. The number of ether oxygens (including phenoxy) is 1. The minimum atomic E-state index is -1.17. The Labute approximate surface area is 114 Å². The van der Waals surface area contributed by atoms with Crippen LogP contribution < -0.4 is 0 Å². The summed E-state index contributed by atoms with van der Waals surface area (Å²) >= 11 is 5.84. The lowest BCUT2D eigenvalue weighted by Gasteiger charge is -2.09. The van der Waals surface area contributed by atoms with Gasteiger partial charge in [0.1, 0.15) is 10.9 Å². The Kier molecular flexibility index (Phi) is 5.00. The molecule has 0 N–H and O–H groups in total. The number of benzene rings is 1. The highest BCUT2D eigenvalue weighted by atomic mass is 35.5. The van der Waals surface area contributed by atoms with Crippen LogP contribution in [0, 0.1) is 10.1 Å². The van der Waals surface area contributed by atoms with Gasteiger partial charge in [0.2, 0.25) is 0 Å². The molecule has 0 saturated heterocycles. The molecular weight excluding hydrogens is 274 g/mol. The molecule has 0 spiro atoms. The summed E-state index contributed by atoms with van der Waals surface area (Å²) in [6, 6.07) is 4.04. The molecule has 0 bridgehead atoms. The van der Waals surface area contributed by atoms with Gasteiger partial charge < -0.3 is 4.74 Å². The Morgan fingerprint density at radius 3 is 2.58 bits per heavy atom. The van der Waals surface area contributed by atoms with E-state index in [1.165, 1.54) is 25.1 Å². The number of para-hydroxylation sites is 1. The van der Waals surface area contributed by atoms with Crippen LogP contribution in [0.1, 0.15) is 35.1 Å². The average molecular weight is 286 g/mol. The standard InChI is InChI=1S/C12H12ClNO5/c1-3-19-12(16)9-6-4-5-8(10(13)7(2)15)11(9)14(17)18/h4-6,10H,3H2,1-2H3. The number of carbonyl (C=O) groups is 2. The predicted octanol–water partition coefficient (Wildman–Crippen LogP) is 2.64. The maximum absolute atomic E-state index is 11.7. The number of esters is 1. The largest absolute Gasteiger partial charge is 0.462 e. The maximum Gasteiger partial charge on any atom is 0.345 e. The lowest BCUT2D eigenvalue weighted by atomic mass is 10.0. The summed E-state index contributed by atoms with van der Waals surface area (Å²) in [6.07, 6.45) is 0. The van der Waals surface area contributed by atoms with Crippen LogP contribution in [0.4, 0.5) is 5.69 Å². The second-order valence-corrected chi connectivity index (χ2v) is 4.13. The first kappa shape index (κ1) is 15.1. The van der Waals surface area contributed by atoms with Crippen molar-refractivity contribution in [3.63, 3.8) is 0 Å². The molecule has 19 heavy (non-hydrogen) atoms. The number of halogens is 1. The summed E-state index contributed by atoms with van der Waals surface area (Å²) in [5.74, 6) is -1.26. The number of alkyl halides is 1. The molecule has 102 valence electrons. The minimum absolute atomic E-state index is 0.00952. The highest BCUT2D eigenvalue weighted by Gasteiger charge is 2.30. The van der Waals surface area contributed by atoms with Crippen LogP contribution in [0.15, 0.2) is 18.2 Å². The first-order valence-corrected chi connectivity index (χ1v) is 5.92. The SMILES string of the molecule is CCOC(=O)c1cccc(C(Cl)C(C)=O)c1[N+](=O)[O-]. The number of hydrogen-bond acceptors (Lipinski definition) is 5. The average Bonchev–Trinajstić information content (AvgIpc) is 2.36. The monoisotopic (exact) mass is 285 g/mol. The molecule has 6 nitrogen and oxygen atoms in total. The fourth-order valence-corrected chi connectivity index (χ4v) is 1.74. The Bertz CT molecular complexity index is 529. The summed E-state index contributed by atoms with van der Waals surface area (Å²) < 4.78 is 4.74. The van der Waals surface area contributed by atoms with Crippen molar-refractivity contribution in [2.45, 2.75) is 19.2 Å². The smallest absolute Gasteiger partial charge is 0.345 e. The van der Waals surface area contributed by atoms with E-state index in [-0.39, 0.29) is 17.7 Å². The number of Topliss-reactive ketones (excluding diaryl/α,β-unsaturated/α-hetero) is 1. The van der Waals surface area contributed by atoms with Gasteiger partial charge in [0, 0.05) is 0 Å². The van der Waals surface area contributed by atoms with E-state index in [1.807, 2.05) is 0 Å². The van der Waals surface area contributed by atoms with E-state index in [0.717, 1.165) is 0 Å². The summed E-state index contributed by atoms with van der Waals surface area (Å²) in [4.78, 5) is 33.3. The molecule has 0 radical (unpaired) electrons. The molecule has 0 aromatic heterocycles. The number of ketones is 1. The Morgan fingerprint density at radius 2 is 2.11 bits per heavy atom. The van der Waals surface area contributed by atoms with Crippen molar-refractivity contribution in [1.29, 1.82) is 0 Å². The van der Waals surface area contributed by atoms with Gasteiger partial charge >= 0.3 is 5.97 Å². The van der Waals surface area contributed by atoms with Crippen molar-refractivity contribution in [3.05, 3.63) is 39.4 Å². The van der Waals surface area contributed by atoms with Gasteiger partial charge in [-0.25, -0.2) is 4.79 Å². The number of rotatable bonds is 5. The number of carbonyl (C=O) groups excluding carboxylic acids is 2. The van der Waals surface area contributed by atoms with E-state index in [4.69, 9.17) is 16.3 Å². The fourth-order valence-electron chi connectivity index (χ4n) is 1.56. The van der Waals surface area contributed by atoms with Crippen LogP contribution in [0.5, 0.6) is 0 Å². The molecule has 7 heteroatoms. The zero-order chi connectivity index (χ0) is 14.6. The summed E-state index contributed by atoms with van der Waals surface area (Å²) in [6.45, 7) is 2.91. The van der Waals surface area contributed by atoms with Gasteiger partial charge in [0.15, 0.2) is 5.78 Å². The van der Waals surface area contributed by atoms with E-state index >= 15 is 0 Å². The van der Waals surface area contributed by atoms with Gasteiger partial charge in [-0.1, -0.05) is 12.1 Å². The van der Waals surface area contributed by atoms with Gasteiger partial charge in [-0.3, -0.25) is 14.9 Å². The van der Waals surface area contributed by atoms with Crippen molar-refractivity contribution in [2.75, 3.05) is 6.61 Å². The van der Waals surface area contributed by atoms with Crippen LogP contribution in [-0.4, -0.2) is 23.3 Å². The topological polar surface area (TPSA) is 86.5 Å². The number of nitro benzene ring substituents is 1. The highest BCUT2D eigenvalue weighted by molar-refractivity contribution is 6.31. The Morgan fingerprint density at radius 1 is 1.47 bits per heavy atom. The lowest BCUT2D eigenvalue weighted by molar-refractivity contribution is -0.385. The quantitative estimate of drug-likeness (QED) is 0.359. The van der Waals surface area contributed by atoms with Gasteiger partial charge in [0.25, 0.3) is 5.69 Å². The Hall–Kier alpha value is -1.95. The molecule has 1 rings (SSSR count). The van der Waals surface area contributed by atoms with Crippen molar-refractivity contribution >= 4 is 29.0 Å². The van der Waals surface area contributed by atoms with Crippen molar-refractivity contribution in [2.24, 2.45) is 0 Å². The van der Waals surface area contributed by atoms with Gasteiger partial charge in [-0.15, -0.1) is 11.6 Å². The van der Waals surface area contributed by atoms with Crippen LogP contribution in [0.2, 0.25) is 0 Å². The Balaban J connectivity index is 3.42. The summed E-state index contributed by atoms with van der Waals surface area (Å²) in [5, 5.41) is 9.93. The summed E-state index contributed by atoms with van der Waals surface area (Å²) in [7, 11) is 0. The zero-order valence-corrected chi connectivity index (χ0v) is 11.1. The number of nitro groups is 1. The second-order valence-electron chi connectivity index (χ2n) is 3.69. The molecule has 1 unspecified atom stereocenters. The fraction of sp³-hybridized carbons (Fsp3) is 0.333. The third-order valence-corrected chi connectivity index (χ3v) is 2.92. The molecule has 0 fully saturated rings. The molecule has 0 aliphatic heterocycles. The van der Waals surface area contributed by atoms with Gasteiger partial charge in [-0.2, -0.15) is 0 Å². The molecular formula is C12H12ClNO5. The second kappa shape index (κ2) is 6.29. The molecule has 1 aromatic carbocycles. The van der Waals surface area contributed by atoms with E-state index in [2.05, 4.69) is 0 Å². The number of hydrogen-bond donors (Lipinski definition) is 0. The molecule has 0 saturated carbocycles. The lowest BCUT2D eigenvalue weighted by Crippen LogP contribution is -2.12. The molecule has 0 amide bonds. The first-order valence-electron chi connectivity index (χ1n) is 5.49. The van der Waals surface area contributed by atoms with Gasteiger partial charge in [0.05, 0.1) is 17.1 Å². The molecule has 0 aliphatic rings. The molecule has 1 aromatic rings. The van der Waals surface area contributed by atoms with E-state index in [9.17, 15) is 19.7 Å². The van der Waals surface area contributed by atoms with Crippen LogP contribution in [-0.2, 0) is 9.53 Å². The third kappa shape index (κ3) is 3.29. The van der Waals surface area contributed by atoms with E-state index in [1.54, 1.807) is 6.92 Å². The van der Waals surface area contributed by atoms with Gasteiger partial charge in [-0.05, 0) is 19.9 Å². The van der Waals surface area contributed by atoms with Crippen LogP contribution in [0.3, 0.4) is 0 Å². The predicted molar refractivity (Wildman–Crippen MR) is 68.3 cm³/mol. The molecule has 0 aliphatic carbocycles. The van der Waals surface area contributed by atoms with Crippen LogP contribution in [0.25, 0.3) is 0 Å². The first-order chi connectivity index (χ1) is 8.90. The number of nitrogens with zero attached hydrogens (tertiary/aromatic N) is 1. The van der Waals surface area contributed by atoms with Crippen LogP contribution >= 0.6 is 11.6 Å². The van der Waals surface area contributed by atoms with E-state index < -0.39 is 27.7 Å². The zero-order valence-electron chi connectivity index (χ0n) is 10.4.